The zero-order valence-corrected chi connectivity index (χ0v) is 12.4. The van der Waals surface area contributed by atoms with Crippen molar-refractivity contribution < 1.29 is 18.3 Å². The summed E-state index contributed by atoms with van der Waals surface area (Å²) in [6, 6.07) is 0. The number of ether oxygens (including phenoxy) is 1. The average Bonchev–Trinajstić information content (AvgIpc) is 2.69. The zero-order chi connectivity index (χ0) is 15.0. The van der Waals surface area contributed by atoms with Crippen molar-refractivity contribution in [2.45, 2.75) is 23.5 Å². The first kappa shape index (κ1) is 15.2. The van der Waals surface area contributed by atoms with Crippen LogP contribution in [0.5, 0.6) is 0 Å². The van der Waals surface area contributed by atoms with E-state index in [1.54, 1.807) is 7.05 Å². The van der Waals surface area contributed by atoms with Crippen molar-refractivity contribution in [1.29, 1.82) is 0 Å². The number of imidazole rings is 1. The summed E-state index contributed by atoms with van der Waals surface area (Å²) in [4.78, 5) is 3.78. The second-order valence-corrected chi connectivity index (χ2v) is 7.10. The highest BCUT2D eigenvalue weighted by Crippen LogP contribution is 2.25. The van der Waals surface area contributed by atoms with Gasteiger partial charge in [0.1, 0.15) is 0 Å². The smallest absolute Gasteiger partial charge is 0.262 e. The molecule has 0 spiro atoms. The Kier molecular flexibility index (Phi) is 4.05. The summed E-state index contributed by atoms with van der Waals surface area (Å²) in [6.07, 6.45) is 2.17. The van der Waals surface area contributed by atoms with Crippen LogP contribution in [0, 0.1) is 0 Å². The summed E-state index contributed by atoms with van der Waals surface area (Å²) in [6.45, 7) is 0.861. The highest BCUT2D eigenvalue weighted by molar-refractivity contribution is 7.89. The Hall–Kier alpha value is -1.16. The van der Waals surface area contributed by atoms with Crippen LogP contribution in [-0.2, 0) is 21.8 Å². The fourth-order valence-corrected chi connectivity index (χ4v) is 3.74. The molecule has 0 amide bonds. The monoisotopic (exact) mass is 304 g/mol. The van der Waals surface area contributed by atoms with Crippen molar-refractivity contribution in [3.05, 3.63) is 6.33 Å². The van der Waals surface area contributed by atoms with Crippen LogP contribution in [0.15, 0.2) is 11.4 Å². The molecule has 20 heavy (non-hydrogen) atoms. The third-order valence-corrected chi connectivity index (χ3v) is 5.44. The number of nitrogens with zero attached hydrogens (tertiary/aromatic N) is 3. The molecule has 0 saturated carbocycles. The minimum atomic E-state index is -3.79. The summed E-state index contributed by atoms with van der Waals surface area (Å²) in [5.41, 5.74) is 4.55. The number of hydrogen-bond acceptors (Lipinski definition) is 6. The van der Waals surface area contributed by atoms with Gasteiger partial charge in [0.25, 0.3) is 10.0 Å². The van der Waals surface area contributed by atoms with Crippen molar-refractivity contribution in [3.63, 3.8) is 0 Å². The molecule has 0 aromatic carbocycles. The molecule has 1 saturated heterocycles. The van der Waals surface area contributed by atoms with Gasteiger partial charge in [0, 0.05) is 46.7 Å². The second kappa shape index (κ2) is 5.32. The number of nitrogens with two attached hydrogens (primary N) is 1. The molecule has 0 atom stereocenters. The van der Waals surface area contributed by atoms with E-state index in [9.17, 15) is 13.5 Å². The van der Waals surface area contributed by atoms with Gasteiger partial charge < -0.3 is 20.1 Å². The van der Waals surface area contributed by atoms with Gasteiger partial charge in [-0.3, -0.25) is 0 Å². The first-order chi connectivity index (χ1) is 9.26. The summed E-state index contributed by atoms with van der Waals surface area (Å²) >= 11 is 0. The average molecular weight is 304 g/mol. The van der Waals surface area contributed by atoms with Crippen LogP contribution in [-0.4, -0.2) is 59.8 Å². The number of nitrogen functional groups attached to an aromatic ring is 1. The predicted octanol–water partition coefficient (Wildman–Crippen LogP) is -0.836. The van der Waals surface area contributed by atoms with Gasteiger partial charge in [-0.15, -0.1) is 0 Å². The van der Waals surface area contributed by atoms with Gasteiger partial charge in [-0.05, 0) is 0 Å². The minimum absolute atomic E-state index is 0.00329. The summed E-state index contributed by atoms with van der Waals surface area (Å²) < 4.78 is 32.6. The first-order valence-electron chi connectivity index (χ1n) is 6.29. The van der Waals surface area contributed by atoms with E-state index in [4.69, 9.17) is 10.5 Å². The number of aryl methyl sites for hydroxylation is 1. The summed E-state index contributed by atoms with van der Waals surface area (Å²) in [7, 11) is -0.798. The Bertz CT molecular complexity index is 558. The van der Waals surface area contributed by atoms with Gasteiger partial charge in [-0.25, -0.2) is 13.4 Å². The quantitative estimate of drug-likeness (QED) is 0.751. The Balaban J connectivity index is 2.22. The molecule has 3 N–H and O–H groups in total. The predicted molar refractivity (Wildman–Crippen MR) is 72.4 cm³/mol. The van der Waals surface area contributed by atoms with E-state index in [-0.39, 0.29) is 17.4 Å². The van der Waals surface area contributed by atoms with Crippen molar-refractivity contribution in [2.24, 2.45) is 7.05 Å². The molecular weight excluding hydrogens is 284 g/mol. The molecule has 2 heterocycles. The molecule has 0 aliphatic carbocycles. The lowest BCUT2D eigenvalue weighted by molar-refractivity contribution is -0.0689. The maximum Gasteiger partial charge on any atom is 0.262 e. The van der Waals surface area contributed by atoms with E-state index in [1.807, 2.05) is 0 Å². The van der Waals surface area contributed by atoms with Gasteiger partial charge >= 0.3 is 0 Å². The second-order valence-electron chi connectivity index (χ2n) is 5.14. The highest BCUT2D eigenvalue weighted by Gasteiger charge is 2.36. The Morgan fingerprint density at radius 3 is 2.65 bits per heavy atom. The van der Waals surface area contributed by atoms with Crippen molar-refractivity contribution in [3.8, 4) is 0 Å². The SMILES string of the molecule is CN(CC1(O)CCOCC1)S(=O)(=O)c1c(N)ncn1C. The summed E-state index contributed by atoms with van der Waals surface area (Å²) in [5, 5.41) is 10.3. The van der Waals surface area contributed by atoms with Crippen LogP contribution >= 0.6 is 0 Å². The fourth-order valence-electron chi connectivity index (χ4n) is 2.31. The van der Waals surface area contributed by atoms with Gasteiger partial charge in [0.2, 0.25) is 0 Å². The number of rotatable bonds is 4. The lowest BCUT2D eigenvalue weighted by Crippen LogP contribution is -2.47. The third-order valence-electron chi connectivity index (χ3n) is 3.50. The van der Waals surface area contributed by atoms with E-state index < -0.39 is 15.6 Å². The number of aromatic nitrogens is 2. The number of anilines is 1. The van der Waals surface area contributed by atoms with E-state index in [2.05, 4.69) is 4.98 Å². The van der Waals surface area contributed by atoms with E-state index in [1.165, 1.54) is 17.9 Å². The fraction of sp³-hybridized carbons (Fsp3) is 0.727. The molecule has 8 nitrogen and oxygen atoms in total. The van der Waals surface area contributed by atoms with Crippen molar-refractivity contribution >= 4 is 15.8 Å². The van der Waals surface area contributed by atoms with Gasteiger partial charge in [0.05, 0.1) is 11.9 Å². The first-order valence-corrected chi connectivity index (χ1v) is 7.73. The Labute approximate surface area is 118 Å². The topological polar surface area (TPSA) is 111 Å². The summed E-state index contributed by atoms with van der Waals surface area (Å²) in [5.74, 6) is -0.0432. The molecule has 1 aliphatic rings. The van der Waals surface area contributed by atoms with Crippen LogP contribution in [0.1, 0.15) is 12.8 Å². The van der Waals surface area contributed by atoms with Crippen LogP contribution in [0.2, 0.25) is 0 Å². The van der Waals surface area contributed by atoms with E-state index >= 15 is 0 Å². The van der Waals surface area contributed by atoms with Crippen LogP contribution in [0.3, 0.4) is 0 Å². The molecule has 1 aromatic heterocycles. The van der Waals surface area contributed by atoms with Crippen LogP contribution < -0.4 is 5.73 Å². The normalized spacial score (nSPS) is 19.4. The minimum Gasteiger partial charge on any atom is -0.388 e. The number of sulfonamides is 1. The molecule has 0 unspecified atom stereocenters. The molecule has 114 valence electrons. The lowest BCUT2D eigenvalue weighted by Gasteiger charge is -2.34. The van der Waals surface area contributed by atoms with Gasteiger partial charge in [-0.2, -0.15) is 4.31 Å². The molecule has 0 bridgehead atoms. The van der Waals surface area contributed by atoms with Gasteiger partial charge in [0.15, 0.2) is 10.8 Å². The molecule has 9 heteroatoms. The van der Waals surface area contributed by atoms with Gasteiger partial charge in [-0.1, -0.05) is 0 Å². The molecule has 1 fully saturated rings. The molecule has 0 radical (unpaired) electrons. The standard InChI is InChI=1S/C11H20N4O4S/c1-14-8-13-9(12)10(14)20(17,18)15(2)7-11(16)3-5-19-6-4-11/h8,16H,3-7,12H2,1-2H3. The number of hydrogen-bond donors (Lipinski definition) is 2. The largest absolute Gasteiger partial charge is 0.388 e. The van der Waals surface area contributed by atoms with Crippen molar-refractivity contribution in [1.82, 2.24) is 13.9 Å². The van der Waals surface area contributed by atoms with Crippen LogP contribution in [0.4, 0.5) is 5.82 Å². The molecule has 1 aliphatic heterocycles. The maximum atomic E-state index is 12.5. The molecule has 1 aromatic rings. The maximum absolute atomic E-state index is 12.5. The Morgan fingerprint density at radius 2 is 2.15 bits per heavy atom. The number of likely N-dealkylation sites (N-methyl/N-ethyl adjacent to an activating group) is 1. The lowest BCUT2D eigenvalue weighted by atomic mass is 9.95. The molecule has 2 rings (SSSR count). The molecular formula is C11H20N4O4S. The Morgan fingerprint density at radius 1 is 1.55 bits per heavy atom. The van der Waals surface area contributed by atoms with E-state index in [0.717, 1.165) is 4.31 Å². The number of aliphatic hydroxyl groups is 1. The van der Waals surface area contributed by atoms with Crippen molar-refractivity contribution in [2.75, 3.05) is 32.5 Å². The highest BCUT2D eigenvalue weighted by atomic mass is 32.2. The zero-order valence-electron chi connectivity index (χ0n) is 11.6. The third kappa shape index (κ3) is 2.80. The van der Waals surface area contributed by atoms with E-state index in [0.29, 0.717) is 26.1 Å². The van der Waals surface area contributed by atoms with Crippen LogP contribution in [0.25, 0.3) is 0 Å².